The lowest BCUT2D eigenvalue weighted by Gasteiger charge is -2.33. The van der Waals surface area contributed by atoms with Gasteiger partial charge in [0.1, 0.15) is 0 Å². The quantitative estimate of drug-likeness (QED) is 0.225. The molecule has 0 aromatic rings. The molecule has 2 N–H and O–H groups in total. The molecule has 0 saturated carbocycles. The number of carbonyl (C=O) groups excluding carboxylic acids is 1. The average molecular weight is 493 g/mol. The Balaban J connectivity index is 0.00000364. The van der Waals surface area contributed by atoms with Gasteiger partial charge in [-0.2, -0.15) is 0 Å². The van der Waals surface area contributed by atoms with Gasteiger partial charge >= 0.3 is 0 Å². The van der Waals surface area contributed by atoms with E-state index in [4.69, 9.17) is 0 Å². The second-order valence-corrected chi connectivity index (χ2v) is 7.70. The number of hydrogen-bond donors (Lipinski definition) is 2. The number of piperidine rings is 1. The predicted octanol–water partition coefficient (Wildman–Crippen LogP) is 2.83. The number of likely N-dealkylation sites (tertiary alicyclic amines) is 2. The Morgan fingerprint density at radius 1 is 1.22 bits per heavy atom. The van der Waals surface area contributed by atoms with Crippen LogP contribution in [-0.4, -0.2) is 73.5 Å². The highest BCUT2D eigenvalue weighted by Crippen LogP contribution is 2.18. The Morgan fingerprint density at radius 2 is 2.00 bits per heavy atom. The maximum atomic E-state index is 11.9. The van der Waals surface area contributed by atoms with Crippen molar-refractivity contribution in [1.82, 2.24) is 20.4 Å². The Kier molecular flexibility index (Phi) is 12.3. The van der Waals surface area contributed by atoms with Crippen molar-refractivity contribution in [2.75, 3.05) is 39.8 Å². The zero-order chi connectivity index (χ0) is 18.8. The lowest BCUT2D eigenvalue weighted by molar-refractivity contribution is -0.129. The third kappa shape index (κ3) is 8.13. The number of aliphatic imine (C=N–C) groups is 1. The van der Waals surface area contributed by atoms with Crippen molar-refractivity contribution in [2.45, 2.75) is 77.3 Å². The van der Waals surface area contributed by atoms with E-state index in [1.165, 1.54) is 32.4 Å². The highest BCUT2D eigenvalue weighted by atomic mass is 127. The number of hydrogen-bond acceptors (Lipinski definition) is 3. The first-order valence-corrected chi connectivity index (χ1v) is 10.6. The number of amides is 1. The van der Waals surface area contributed by atoms with Crippen LogP contribution in [-0.2, 0) is 4.79 Å². The van der Waals surface area contributed by atoms with Crippen LogP contribution in [0.4, 0.5) is 0 Å². The second kappa shape index (κ2) is 13.6. The Labute approximate surface area is 182 Å². The standard InChI is InChI=1S/C20H39N5O.HI/c1-4-18(25-16-7-10-19(25)26)11-13-23-20(21-3)22-12-8-15-24-14-6-5-9-17(24)2;/h17-18H,4-16H2,1-3H3,(H2,21,22,23);1H. The number of halogens is 1. The van der Waals surface area contributed by atoms with Crippen LogP contribution in [0.3, 0.4) is 0 Å². The number of guanidine groups is 1. The van der Waals surface area contributed by atoms with Crippen LogP contribution in [0.15, 0.2) is 4.99 Å². The van der Waals surface area contributed by atoms with E-state index in [9.17, 15) is 4.79 Å². The van der Waals surface area contributed by atoms with Gasteiger partial charge in [0.05, 0.1) is 0 Å². The number of rotatable bonds is 9. The molecule has 2 aliphatic heterocycles. The molecule has 0 radical (unpaired) electrons. The molecule has 158 valence electrons. The normalized spacial score (nSPS) is 22.5. The van der Waals surface area contributed by atoms with Gasteiger partial charge in [-0.05, 0) is 52.0 Å². The van der Waals surface area contributed by atoms with Crippen LogP contribution in [0.25, 0.3) is 0 Å². The van der Waals surface area contributed by atoms with Crippen LogP contribution < -0.4 is 10.6 Å². The highest BCUT2D eigenvalue weighted by molar-refractivity contribution is 14.0. The van der Waals surface area contributed by atoms with E-state index in [0.717, 1.165) is 63.7 Å². The van der Waals surface area contributed by atoms with Crippen LogP contribution >= 0.6 is 24.0 Å². The van der Waals surface area contributed by atoms with E-state index in [2.05, 4.69) is 39.3 Å². The van der Waals surface area contributed by atoms with Gasteiger partial charge in [-0.25, -0.2) is 0 Å². The highest BCUT2D eigenvalue weighted by Gasteiger charge is 2.26. The molecule has 0 aromatic carbocycles. The smallest absolute Gasteiger partial charge is 0.222 e. The fourth-order valence-electron chi connectivity index (χ4n) is 4.19. The first-order chi connectivity index (χ1) is 12.7. The van der Waals surface area contributed by atoms with Gasteiger partial charge < -0.3 is 20.4 Å². The summed E-state index contributed by atoms with van der Waals surface area (Å²) >= 11 is 0. The van der Waals surface area contributed by atoms with Gasteiger partial charge in [0.25, 0.3) is 0 Å². The van der Waals surface area contributed by atoms with Crippen molar-refractivity contribution in [3.8, 4) is 0 Å². The molecule has 0 aliphatic carbocycles. The first-order valence-electron chi connectivity index (χ1n) is 10.6. The van der Waals surface area contributed by atoms with E-state index >= 15 is 0 Å². The van der Waals surface area contributed by atoms with Crippen molar-refractivity contribution in [3.63, 3.8) is 0 Å². The molecule has 2 saturated heterocycles. The van der Waals surface area contributed by atoms with Crippen LogP contribution in [0.5, 0.6) is 0 Å². The Morgan fingerprint density at radius 3 is 2.63 bits per heavy atom. The Hall–Kier alpha value is -0.570. The minimum atomic E-state index is 0. The van der Waals surface area contributed by atoms with Gasteiger partial charge in [0.2, 0.25) is 5.91 Å². The first kappa shape index (κ1) is 24.5. The third-order valence-corrected chi connectivity index (χ3v) is 5.87. The van der Waals surface area contributed by atoms with E-state index in [1.54, 1.807) is 0 Å². The van der Waals surface area contributed by atoms with Crippen molar-refractivity contribution >= 4 is 35.8 Å². The fourth-order valence-corrected chi connectivity index (χ4v) is 4.19. The monoisotopic (exact) mass is 493 g/mol. The largest absolute Gasteiger partial charge is 0.356 e. The van der Waals surface area contributed by atoms with Crippen molar-refractivity contribution < 1.29 is 4.79 Å². The van der Waals surface area contributed by atoms with Crippen LogP contribution in [0, 0.1) is 0 Å². The molecule has 2 heterocycles. The van der Waals surface area contributed by atoms with Crippen molar-refractivity contribution in [2.24, 2.45) is 4.99 Å². The summed E-state index contributed by atoms with van der Waals surface area (Å²) in [4.78, 5) is 20.9. The molecule has 2 aliphatic rings. The fraction of sp³-hybridized carbons (Fsp3) is 0.900. The third-order valence-electron chi connectivity index (χ3n) is 5.87. The molecule has 0 aromatic heterocycles. The summed E-state index contributed by atoms with van der Waals surface area (Å²) in [7, 11) is 1.82. The van der Waals surface area contributed by atoms with Crippen LogP contribution in [0.1, 0.15) is 65.2 Å². The van der Waals surface area contributed by atoms with Gasteiger partial charge in [-0.15, -0.1) is 24.0 Å². The zero-order valence-corrected chi connectivity index (χ0v) is 19.8. The molecule has 2 atom stereocenters. The summed E-state index contributed by atoms with van der Waals surface area (Å²) in [6.07, 6.45) is 8.96. The SMILES string of the molecule is CCC(CCNC(=NC)NCCCN1CCCCC1C)N1CCCC1=O.I. The van der Waals surface area contributed by atoms with Gasteiger partial charge in [0.15, 0.2) is 5.96 Å². The number of carbonyl (C=O) groups is 1. The molecular weight excluding hydrogens is 453 g/mol. The van der Waals surface area contributed by atoms with E-state index in [0.29, 0.717) is 11.9 Å². The molecule has 6 nitrogen and oxygen atoms in total. The molecular formula is C20H40IN5O. The number of nitrogens with one attached hydrogen (secondary N) is 2. The minimum Gasteiger partial charge on any atom is -0.356 e. The molecule has 0 bridgehead atoms. The molecule has 7 heteroatoms. The molecule has 1 amide bonds. The van der Waals surface area contributed by atoms with Gasteiger partial charge in [0, 0.05) is 51.7 Å². The molecule has 27 heavy (non-hydrogen) atoms. The van der Waals surface area contributed by atoms with Crippen molar-refractivity contribution in [3.05, 3.63) is 0 Å². The molecule has 2 rings (SSSR count). The lowest BCUT2D eigenvalue weighted by atomic mass is 10.0. The van der Waals surface area contributed by atoms with Gasteiger partial charge in [-0.1, -0.05) is 13.3 Å². The lowest BCUT2D eigenvalue weighted by Crippen LogP contribution is -2.43. The predicted molar refractivity (Wildman–Crippen MR) is 124 cm³/mol. The maximum Gasteiger partial charge on any atom is 0.222 e. The van der Waals surface area contributed by atoms with E-state index in [-0.39, 0.29) is 24.0 Å². The summed E-state index contributed by atoms with van der Waals surface area (Å²) in [5.41, 5.74) is 0. The second-order valence-electron chi connectivity index (χ2n) is 7.70. The maximum absolute atomic E-state index is 11.9. The molecule has 2 fully saturated rings. The average Bonchev–Trinajstić information content (AvgIpc) is 3.07. The van der Waals surface area contributed by atoms with Crippen molar-refractivity contribution in [1.29, 1.82) is 0 Å². The summed E-state index contributed by atoms with van der Waals surface area (Å²) in [5.74, 6) is 1.20. The topological polar surface area (TPSA) is 60.0 Å². The summed E-state index contributed by atoms with van der Waals surface area (Å²) in [5, 5.41) is 6.83. The van der Waals surface area contributed by atoms with Gasteiger partial charge in [-0.3, -0.25) is 9.79 Å². The zero-order valence-electron chi connectivity index (χ0n) is 17.5. The summed E-state index contributed by atoms with van der Waals surface area (Å²) in [6.45, 7) is 9.67. The Bertz CT molecular complexity index is 460. The van der Waals surface area contributed by atoms with E-state index < -0.39 is 0 Å². The molecule has 0 spiro atoms. The number of nitrogens with zero attached hydrogens (tertiary/aromatic N) is 3. The summed E-state index contributed by atoms with van der Waals surface area (Å²) in [6, 6.07) is 1.09. The van der Waals surface area contributed by atoms with E-state index in [1.807, 2.05) is 7.05 Å². The minimum absolute atomic E-state index is 0. The van der Waals surface area contributed by atoms with Crippen LogP contribution in [0.2, 0.25) is 0 Å². The molecule has 2 unspecified atom stereocenters. The summed E-state index contributed by atoms with van der Waals surface area (Å²) < 4.78 is 0.